The summed E-state index contributed by atoms with van der Waals surface area (Å²) in [7, 11) is 0. The van der Waals surface area contributed by atoms with E-state index >= 15 is 0 Å². The molecule has 0 amide bonds. The summed E-state index contributed by atoms with van der Waals surface area (Å²) >= 11 is 0. The third kappa shape index (κ3) is 3.03. The molecule has 0 saturated heterocycles. The Morgan fingerprint density at radius 3 is 2.35 bits per heavy atom. The fourth-order valence-electron chi connectivity index (χ4n) is 1.85. The summed E-state index contributed by atoms with van der Waals surface area (Å²) in [6, 6.07) is 3.68. The smallest absolute Gasteiger partial charge is 0.328 e. The van der Waals surface area contributed by atoms with Crippen molar-refractivity contribution in [3.05, 3.63) is 30.1 Å². The van der Waals surface area contributed by atoms with Crippen LogP contribution in [0.4, 0.5) is 0 Å². The second-order valence-corrected chi connectivity index (χ2v) is 4.32. The average Bonchev–Trinajstić information content (AvgIpc) is 2.36. The van der Waals surface area contributed by atoms with E-state index < -0.39 is 11.5 Å². The lowest BCUT2D eigenvalue weighted by Gasteiger charge is -2.31. The summed E-state index contributed by atoms with van der Waals surface area (Å²) in [5, 5.41) is 12.7. The van der Waals surface area contributed by atoms with E-state index in [1.165, 1.54) is 0 Å². The number of hydrogen-bond acceptors (Lipinski definition) is 3. The number of carboxylic acids is 1. The number of nitrogens with zero attached hydrogens (tertiary/aromatic N) is 1. The van der Waals surface area contributed by atoms with Gasteiger partial charge in [0.15, 0.2) is 0 Å². The summed E-state index contributed by atoms with van der Waals surface area (Å²) in [5.41, 5.74) is -0.327. The Bertz CT molecular complexity index is 363. The molecule has 0 bridgehead atoms. The Morgan fingerprint density at radius 1 is 1.41 bits per heavy atom. The first-order valence-electron chi connectivity index (χ1n) is 5.96. The number of aromatic nitrogens is 1. The van der Waals surface area contributed by atoms with E-state index in [-0.39, 0.29) is 6.04 Å². The lowest BCUT2D eigenvalue weighted by molar-refractivity contribution is -0.145. The maximum atomic E-state index is 11.5. The van der Waals surface area contributed by atoms with Crippen molar-refractivity contribution in [2.45, 2.75) is 45.2 Å². The van der Waals surface area contributed by atoms with Crippen LogP contribution in [0.3, 0.4) is 0 Å². The van der Waals surface area contributed by atoms with Crippen molar-refractivity contribution in [3.8, 4) is 0 Å². The first kappa shape index (κ1) is 13.6. The highest BCUT2D eigenvalue weighted by molar-refractivity contribution is 5.80. The third-order valence-electron chi connectivity index (χ3n) is 3.16. The molecule has 1 aromatic rings. The maximum Gasteiger partial charge on any atom is 0.328 e. The lowest BCUT2D eigenvalue weighted by atomic mass is 9.91. The monoisotopic (exact) mass is 236 g/mol. The minimum absolute atomic E-state index is 0.198. The van der Waals surface area contributed by atoms with Gasteiger partial charge in [-0.05, 0) is 37.5 Å². The zero-order valence-corrected chi connectivity index (χ0v) is 10.6. The molecule has 0 saturated carbocycles. The largest absolute Gasteiger partial charge is 0.480 e. The summed E-state index contributed by atoms with van der Waals surface area (Å²) in [4.78, 5) is 15.4. The predicted octanol–water partition coefficient (Wildman–Crippen LogP) is 2.16. The van der Waals surface area contributed by atoms with Crippen molar-refractivity contribution in [2.24, 2.45) is 0 Å². The van der Waals surface area contributed by atoms with E-state index in [2.05, 4.69) is 24.1 Å². The van der Waals surface area contributed by atoms with Crippen molar-refractivity contribution in [1.29, 1.82) is 0 Å². The van der Waals surface area contributed by atoms with Gasteiger partial charge in [-0.2, -0.15) is 0 Å². The van der Waals surface area contributed by atoms with Gasteiger partial charge in [0.05, 0.1) is 0 Å². The lowest BCUT2D eigenvalue weighted by Crippen LogP contribution is -2.51. The van der Waals surface area contributed by atoms with Crippen LogP contribution >= 0.6 is 0 Å². The van der Waals surface area contributed by atoms with E-state index in [1.807, 2.05) is 0 Å². The van der Waals surface area contributed by atoms with E-state index in [1.54, 1.807) is 31.5 Å². The highest BCUT2D eigenvalue weighted by Gasteiger charge is 2.36. The van der Waals surface area contributed by atoms with Gasteiger partial charge in [0.25, 0.3) is 0 Å². The van der Waals surface area contributed by atoms with Gasteiger partial charge in [0, 0.05) is 18.4 Å². The number of hydrogen-bond donors (Lipinski definition) is 2. The topological polar surface area (TPSA) is 62.2 Å². The third-order valence-corrected chi connectivity index (χ3v) is 3.16. The molecule has 17 heavy (non-hydrogen) atoms. The van der Waals surface area contributed by atoms with Gasteiger partial charge >= 0.3 is 5.97 Å². The van der Waals surface area contributed by atoms with Crippen LogP contribution in [-0.4, -0.2) is 22.1 Å². The van der Waals surface area contributed by atoms with E-state index in [9.17, 15) is 9.90 Å². The number of aliphatic carboxylic acids is 1. The molecule has 0 aliphatic rings. The maximum absolute atomic E-state index is 11.5. The molecule has 1 unspecified atom stereocenters. The Morgan fingerprint density at radius 2 is 1.94 bits per heavy atom. The molecule has 1 heterocycles. The normalized spacial score (nSPS) is 14.6. The fourth-order valence-corrected chi connectivity index (χ4v) is 1.85. The Balaban J connectivity index is 3.02. The zero-order chi connectivity index (χ0) is 12.9. The molecule has 1 atom stereocenters. The highest BCUT2D eigenvalue weighted by atomic mass is 16.4. The van der Waals surface area contributed by atoms with Gasteiger partial charge < -0.3 is 5.11 Å². The molecular weight excluding hydrogens is 216 g/mol. The standard InChI is InChI=1S/C13H20N2O2/c1-4-11(5-2)15-13(3,12(16)17)10-6-8-14-9-7-10/h6-9,11,15H,4-5H2,1-3H3,(H,16,17). The predicted molar refractivity (Wildman–Crippen MR) is 66.7 cm³/mol. The Kier molecular flexibility index (Phi) is 4.63. The van der Waals surface area contributed by atoms with Crippen LogP contribution in [0.1, 0.15) is 39.2 Å². The average molecular weight is 236 g/mol. The van der Waals surface area contributed by atoms with Crippen molar-refractivity contribution < 1.29 is 9.90 Å². The summed E-state index contributed by atoms with van der Waals surface area (Å²) in [5.74, 6) is -0.865. The molecule has 0 radical (unpaired) electrons. The first-order chi connectivity index (χ1) is 8.04. The first-order valence-corrected chi connectivity index (χ1v) is 5.96. The quantitative estimate of drug-likeness (QED) is 0.794. The summed E-state index contributed by atoms with van der Waals surface area (Å²) in [6.45, 7) is 5.80. The summed E-state index contributed by atoms with van der Waals surface area (Å²) < 4.78 is 0. The van der Waals surface area contributed by atoms with E-state index in [0.717, 1.165) is 18.4 Å². The fraction of sp³-hybridized carbons (Fsp3) is 0.538. The SMILES string of the molecule is CCC(CC)NC(C)(C(=O)O)c1ccncc1. The van der Waals surface area contributed by atoms with Crippen molar-refractivity contribution in [2.75, 3.05) is 0 Å². The van der Waals surface area contributed by atoms with Crippen LogP contribution < -0.4 is 5.32 Å². The van der Waals surface area contributed by atoms with Crippen LogP contribution in [0.2, 0.25) is 0 Å². The molecule has 1 rings (SSSR count). The Labute approximate surface area is 102 Å². The molecule has 0 aliphatic carbocycles. The minimum atomic E-state index is -1.06. The Hall–Kier alpha value is -1.42. The number of carbonyl (C=O) groups is 1. The highest BCUT2D eigenvalue weighted by Crippen LogP contribution is 2.22. The van der Waals surface area contributed by atoms with Gasteiger partial charge in [-0.1, -0.05) is 13.8 Å². The van der Waals surface area contributed by atoms with Crippen LogP contribution in [-0.2, 0) is 10.3 Å². The molecule has 0 aliphatic heterocycles. The molecule has 0 fully saturated rings. The van der Waals surface area contributed by atoms with Crippen LogP contribution in [0, 0.1) is 0 Å². The minimum Gasteiger partial charge on any atom is -0.480 e. The zero-order valence-electron chi connectivity index (χ0n) is 10.6. The van der Waals surface area contributed by atoms with Gasteiger partial charge in [0.2, 0.25) is 0 Å². The molecule has 0 spiro atoms. The molecule has 0 aromatic carbocycles. The number of rotatable bonds is 6. The molecule has 4 heteroatoms. The molecule has 2 N–H and O–H groups in total. The summed E-state index contributed by atoms with van der Waals surface area (Å²) in [6.07, 6.45) is 5.05. The van der Waals surface area contributed by atoms with Gasteiger partial charge in [-0.3, -0.25) is 10.3 Å². The second-order valence-electron chi connectivity index (χ2n) is 4.32. The van der Waals surface area contributed by atoms with Crippen molar-refractivity contribution in [1.82, 2.24) is 10.3 Å². The molecule has 4 nitrogen and oxygen atoms in total. The van der Waals surface area contributed by atoms with Crippen LogP contribution in [0.15, 0.2) is 24.5 Å². The molecule has 94 valence electrons. The number of pyridine rings is 1. The van der Waals surface area contributed by atoms with Crippen molar-refractivity contribution >= 4 is 5.97 Å². The molecule has 1 aromatic heterocycles. The number of carboxylic acid groups (broad SMARTS) is 1. The van der Waals surface area contributed by atoms with E-state index in [0.29, 0.717) is 0 Å². The number of nitrogens with one attached hydrogen (secondary N) is 1. The van der Waals surface area contributed by atoms with Gasteiger partial charge in [-0.25, -0.2) is 4.79 Å². The van der Waals surface area contributed by atoms with Gasteiger partial charge in [-0.15, -0.1) is 0 Å². The second kappa shape index (κ2) is 5.77. The van der Waals surface area contributed by atoms with Gasteiger partial charge in [0.1, 0.15) is 5.54 Å². The van der Waals surface area contributed by atoms with E-state index in [4.69, 9.17) is 0 Å². The van der Waals surface area contributed by atoms with Crippen molar-refractivity contribution in [3.63, 3.8) is 0 Å². The molecular formula is C13H20N2O2. The van der Waals surface area contributed by atoms with Crippen LogP contribution in [0.25, 0.3) is 0 Å². The van der Waals surface area contributed by atoms with Crippen LogP contribution in [0.5, 0.6) is 0 Å².